The van der Waals surface area contributed by atoms with Crippen molar-refractivity contribution in [2.75, 3.05) is 0 Å². The number of amides is 2. The van der Waals surface area contributed by atoms with E-state index in [1.807, 2.05) is 42.5 Å². The summed E-state index contributed by atoms with van der Waals surface area (Å²) in [5.41, 5.74) is 2.49. The first-order chi connectivity index (χ1) is 11.2. The van der Waals surface area contributed by atoms with Crippen molar-refractivity contribution in [3.63, 3.8) is 0 Å². The fourth-order valence-corrected chi connectivity index (χ4v) is 2.32. The van der Waals surface area contributed by atoms with E-state index in [-0.39, 0.29) is 11.8 Å². The van der Waals surface area contributed by atoms with Gasteiger partial charge in [-0.2, -0.15) is 0 Å². The highest BCUT2D eigenvalue weighted by atomic mass is 16.2. The van der Waals surface area contributed by atoms with Gasteiger partial charge >= 0.3 is 0 Å². The summed E-state index contributed by atoms with van der Waals surface area (Å²) >= 11 is 0. The number of benzene rings is 2. The maximum absolute atomic E-state index is 12.2. The topological polar surface area (TPSA) is 58.2 Å². The van der Waals surface area contributed by atoms with Crippen molar-refractivity contribution in [1.29, 1.82) is 0 Å². The number of hydrogen-bond donors (Lipinski definition) is 2. The van der Waals surface area contributed by atoms with Crippen molar-refractivity contribution in [1.82, 2.24) is 10.6 Å². The molecular formula is C19H16N2O2. The molecule has 3 rings (SSSR count). The van der Waals surface area contributed by atoms with Gasteiger partial charge in [-0.15, -0.1) is 0 Å². The second-order valence-corrected chi connectivity index (χ2v) is 5.14. The number of carbonyl (C=O) groups is 2. The van der Waals surface area contributed by atoms with Crippen molar-refractivity contribution < 1.29 is 9.59 Å². The van der Waals surface area contributed by atoms with Crippen LogP contribution in [0.3, 0.4) is 0 Å². The Labute approximate surface area is 134 Å². The van der Waals surface area contributed by atoms with Crippen LogP contribution in [0, 0.1) is 0 Å². The summed E-state index contributed by atoms with van der Waals surface area (Å²) in [6, 6.07) is 18.0. The second kappa shape index (κ2) is 6.75. The Balaban J connectivity index is 1.72. The highest BCUT2D eigenvalue weighted by Gasteiger charge is 2.16. The molecule has 0 aromatic heterocycles. The predicted molar refractivity (Wildman–Crippen MR) is 88.6 cm³/mol. The van der Waals surface area contributed by atoms with E-state index in [0.29, 0.717) is 28.9 Å². The molecule has 2 aromatic carbocycles. The molecule has 0 fully saturated rings. The third kappa shape index (κ3) is 3.55. The summed E-state index contributed by atoms with van der Waals surface area (Å²) in [4.78, 5) is 24.4. The van der Waals surface area contributed by atoms with E-state index >= 15 is 0 Å². The van der Waals surface area contributed by atoms with E-state index in [1.165, 1.54) is 0 Å². The van der Waals surface area contributed by atoms with Crippen LogP contribution in [0.15, 0.2) is 84.2 Å². The molecule has 0 saturated carbocycles. The van der Waals surface area contributed by atoms with E-state index < -0.39 is 0 Å². The molecule has 4 nitrogen and oxygen atoms in total. The minimum atomic E-state index is -0.196. The van der Waals surface area contributed by atoms with Crippen LogP contribution in [0.5, 0.6) is 0 Å². The van der Waals surface area contributed by atoms with Gasteiger partial charge in [-0.25, -0.2) is 0 Å². The third-order valence-electron chi connectivity index (χ3n) is 3.52. The summed E-state index contributed by atoms with van der Waals surface area (Å²) < 4.78 is 0. The van der Waals surface area contributed by atoms with Crippen LogP contribution in [0.25, 0.3) is 0 Å². The molecule has 2 amide bonds. The summed E-state index contributed by atoms with van der Waals surface area (Å²) in [5, 5.41) is 5.71. The molecule has 0 saturated heterocycles. The summed E-state index contributed by atoms with van der Waals surface area (Å²) in [5.74, 6) is -0.380. The van der Waals surface area contributed by atoms with Gasteiger partial charge in [0, 0.05) is 23.2 Å². The van der Waals surface area contributed by atoms with Crippen LogP contribution in [0.4, 0.5) is 0 Å². The quantitative estimate of drug-likeness (QED) is 0.912. The number of nitrogens with one attached hydrogen (secondary N) is 2. The minimum absolute atomic E-state index is 0.184. The lowest BCUT2D eigenvalue weighted by molar-refractivity contribution is 0.0949. The highest BCUT2D eigenvalue weighted by molar-refractivity contribution is 5.97. The first-order valence-corrected chi connectivity index (χ1v) is 7.36. The first-order valence-electron chi connectivity index (χ1n) is 7.36. The Bertz CT molecular complexity index is 778. The summed E-state index contributed by atoms with van der Waals surface area (Å²) in [6.07, 6.45) is 4.30. The predicted octanol–water partition coefficient (Wildman–Crippen LogP) is 3.02. The monoisotopic (exact) mass is 304 g/mol. The van der Waals surface area contributed by atoms with Gasteiger partial charge in [0.1, 0.15) is 0 Å². The molecule has 2 N–H and O–H groups in total. The van der Waals surface area contributed by atoms with Crippen LogP contribution in [0.1, 0.15) is 27.1 Å². The number of hydrogen-bond acceptors (Lipinski definition) is 2. The average Bonchev–Trinajstić information content (AvgIpc) is 3.03. The van der Waals surface area contributed by atoms with Crippen molar-refractivity contribution in [3.8, 4) is 0 Å². The highest BCUT2D eigenvalue weighted by Crippen LogP contribution is 2.16. The van der Waals surface area contributed by atoms with E-state index in [0.717, 1.165) is 0 Å². The van der Waals surface area contributed by atoms with Gasteiger partial charge in [0.15, 0.2) is 0 Å². The molecule has 23 heavy (non-hydrogen) atoms. The number of rotatable bonds is 4. The molecule has 0 aliphatic heterocycles. The molecule has 1 aliphatic rings. The standard InChI is InChI=1S/C19H16N2O2/c22-18(14-8-3-1-4-9-14)20-16-12-7-13-17(16)21-19(23)15-10-5-2-6-11-15/h1-12H,13H2,(H,20,22)(H,21,23). The number of carbonyl (C=O) groups excluding carboxylic acids is 2. The zero-order valence-electron chi connectivity index (χ0n) is 12.5. The summed E-state index contributed by atoms with van der Waals surface area (Å²) in [6.45, 7) is 0. The zero-order chi connectivity index (χ0) is 16.1. The molecule has 0 spiro atoms. The Morgan fingerprint density at radius 1 is 0.739 bits per heavy atom. The smallest absolute Gasteiger partial charge is 0.255 e. The SMILES string of the molecule is O=C(NC1=C(NC(=O)c2ccccc2)CC=C1)c1ccccc1. The lowest BCUT2D eigenvalue weighted by Crippen LogP contribution is -2.28. The molecule has 0 radical (unpaired) electrons. The average molecular weight is 304 g/mol. The van der Waals surface area contributed by atoms with Gasteiger partial charge in [-0.05, 0) is 30.3 Å². The van der Waals surface area contributed by atoms with Crippen LogP contribution in [-0.4, -0.2) is 11.8 Å². The largest absolute Gasteiger partial charge is 0.323 e. The maximum Gasteiger partial charge on any atom is 0.255 e. The second-order valence-electron chi connectivity index (χ2n) is 5.14. The minimum Gasteiger partial charge on any atom is -0.323 e. The van der Waals surface area contributed by atoms with E-state index in [4.69, 9.17) is 0 Å². The third-order valence-corrected chi connectivity index (χ3v) is 3.52. The van der Waals surface area contributed by atoms with Gasteiger partial charge in [0.05, 0.1) is 5.70 Å². The van der Waals surface area contributed by atoms with E-state index in [2.05, 4.69) is 10.6 Å². The van der Waals surface area contributed by atoms with E-state index in [9.17, 15) is 9.59 Å². The van der Waals surface area contributed by atoms with Gasteiger partial charge in [-0.3, -0.25) is 9.59 Å². The fourth-order valence-electron chi connectivity index (χ4n) is 2.32. The van der Waals surface area contributed by atoms with Gasteiger partial charge in [0.2, 0.25) is 0 Å². The van der Waals surface area contributed by atoms with Crippen molar-refractivity contribution in [2.24, 2.45) is 0 Å². The Morgan fingerprint density at radius 2 is 1.26 bits per heavy atom. The van der Waals surface area contributed by atoms with Crippen LogP contribution in [0.2, 0.25) is 0 Å². The lowest BCUT2D eigenvalue weighted by Gasteiger charge is -2.11. The molecule has 0 unspecified atom stereocenters. The summed E-state index contributed by atoms with van der Waals surface area (Å²) in [7, 11) is 0. The Hall–Kier alpha value is -3.14. The molecular weight excluding hydrogens is 288 g/mol. The molecule has 1 aliphatic carbocycles. The number of allylic oxidation sites excluding steroid dienone is 2. The Morgan fingerprint density at radius 3 is 1.83 bits per heavy atom. The van der Waals surface area contributed by atoms with Gasteiger partial charge in [0.25, 0.3) is 11.8 Å². The molecule has 0 bridgehead atoms. The zero-order valence-corrected chi connectivity index (χ0v) is 12.5. The van der Waals surface area contributed by atoms with Crippen molar-refractivity contribution in [3.05, 3.63) is 95.3 Å². The first kappa shape index (κ1) is 14.8. The molecule has 0 heterocycles. The maximum atomic E-state index is 12.2. The normalized spacial score (nSPS) is 13.0. The fraction of sp³-hybridized carbons (Fsp3) is 0.0526. The van der Waals surface area contributed by atoms with Crippen LogP contribution < -0.4 is 10.6 Å². The Kier molecular flexibility index (Phi) is 4.34. The molecule has 4 heteroatoms. The van der Waals surface area contributed by atoms with E-state index in [1.54, 1.807) is 30.3 Å². The molecule has 114 valence electrons. The van der Waals surface area contributed by atoms with Crippen LogP contribution in [-0.2, 0) is 0 Å². The van der Waals surface area contributed by atoms with Crippen molar-refractivity contribution >= 4 is 11.8 Å². The van der Waals surface area contributed by atoms with Crippen LogP contribution >= 0.6 is 0 Å². The molecule has 2 aromatic rings. The van der Waals surface area contributed by atoms with Gasteiger partial charge in [-0.1, -0.05) is 42.5 Å². The van der Waals surface area contributed by atoms with Gasteiger partial charge < -0.3 is 10.6 Å². The lowest BCUT2D eigenvalue weighted by atomic mass is 10.2. The van der Waals surface area contributed by atoms with Crippen molar-refractivity contribution in [2.45, 2.75) is 6.42 Å². The molecule has 0 atom stereocenters.